The van der Waals surface area contributed by atoms with Gasteiger partial charge in [-0.15, -0.1) is 18.2 Å². The minimum Gasteiger partial charge on any atom is -0.119 e. The molecule has 0 aliphatic carbocycles. The highest BCUT2D eigenvalue weighted by atomic mass is 35.5. The van der Waals surface area contributed by atoms with E-state index in [-0.39, 0.29) is 0 Å². The van der Waals surface area contributed by atoms with Crippen LogP contribution in [0.15, 0.2) is 23.1 Å². The van der Waals surface area contributed by atoms with Crippen LogP contribution in [0.1, 0.15) is 0 Å². The molecule has 0 aliphatic rings. The van der Waals surface area contributed by atoms with Crippen LogP contribution in [0.25, 0.3) is 0 Å². The summed E-state index contributed by atoms with van der Waals surface area (Å²) >= 11 is 13.1. The van der Waals surface area contributed by atoms with Crippen LogP contribution >= 0.6 is 35.0 Å². The molecule has 12 heavy (non-hydrogen) atoms. The van der Waals surface area contributed by atoms with E-state index in [1.54, 1.807) is 17.8 Å². The second-order valence-electron chi connectivity index (χ2n) is 2.07. The Morgan fingerprint density at radius 1 is 1.33 bits per heavy atom. The molecule has 0 N–H and O–H groups in total. The highest BCUT2D eigenvalue weighted by Gasteiger charge is 1.98. The number of hydrogen-bond donors (Lipinski definition) is 0. The predicted molar refractivity (Wildman–Crippen MR) is 56.0 cm³/mol. The van der Waals surface area contributed by atoms with Gasteiger partial charge >= 0.3 is 0 Å². The van der Waals surface area contributed by atoms with Gasteiger partial charge in [0.1, 0.15) is 0 Å². The Balaban J connectivity index is 2.77. The first-order chi connectivity index (χ1) is 5.74. The molecule has 0 aliphatic heterocycles. The first-order valence-corrected chi connectivity index (χ1v) is 4.99. The third kappa shape index (κ3) is 2.64. The molecule has 0 unspecified atom stereocenters. The Hall–Kier alpha value is -0.290. The Kier molecular flexibility index (Phi) is 3.81. The lowest BCUT2D eigenvalue weighted by molar-refractivity contribution is 1.46. The fourth-order valence-corrected chi connectivity index (χ4v) is 1.67. The maximum absolute atomic E-state index is 5.80. The predicted octanol–water partition coefficient (Wildman–Crippen LogP) is 3.72. The maximum Gasteiger partial charge on any atom is 0.0603 e. The van der Waals surface area contributed by atoms with Crippen molar-refractivity contribution >= 4 is 35.0 Å². The SMILES string of the molecule is C#CCSc1ccc(Cl)c(Cl)c1. The van der Waals surface area contributed by atoms with Crippen LogP contribution in [0.5, 0.6) is 0 Å². The molecule has 62 valence electrons. The molecule has 3 heteroatoms. The van der Waals surface area contributed by atoms with Crippen LogP contribution in [0.3, 0.4) is 0 Å². The molecule has 0 bridgehead atoms. The van der Waals surface area contributed by atoms with Gasteiger partial charge in [-0.2, -0.15) is 0 Å². The van der Waals surface area contributed by atoms with Gasteiger partial charge in [0.2, 0.25) is 0 Å². The summed E-state index contributed by atoms with van der Waals surface area (Å²) in [6.07, 6.45) is 5.11. The van der Waals surface area contributed by atoms with Crippen LogP contribution in [0.2, 0.25) is 10.0 Å². The number of thioether (sulfide) groups is 1. The molecular weight excluding hydrogens is 211 g/mol. The first-order valence-electron chi connectivity index (χ1n) is 3.25. The molecular formula is C9H6Cl2S. The summed E-state index contributed by atoms with van der Waals surface area (Å²) in [6.45, 7) is 0. The number of hydrogen-bond acceptors (Lipinski definition) is 1. The van der Waals surface area contributed by atoms with Gasteiger partial charge < -0.3 is 0 Å². The third-order valence-corrected chi connectivity index (χ3v) is 2.85. The first kappa shape index (κ1) is 9.80. The zero-order valence-electron chi connectivity index (χ0n) is 6.18. The number of rotatable bonds is 2. The molecule has 1 aromatic rings. The summed E-state index contributed by atoms with van der Waals surface area (Å²) in [5, 5.41) is 1.14. The molecule has 1 rings (SSSR count). The monoisotopic (exact) mass is 216 g/mol. The summed E-state index contributed by atoms with van der Waals surface area (Å²) in [6, 6.07) is 5.48. The van der Waals surface area contributed by atoms with E-state index in [1.807, 2.05) is 12.1 Å². The van der Waals surface area contributed by atoms with E-state index < -0.39 is 0 Å². The molecule has 0 heterocycles. The Morgan fingerprint density at radius 3 is 2.67 bits per heavy atom. The highest BCUT2D eigenvalue weighted by molar-refractivity contribution is 7.99. The molecule has 0 atom stereocenters. The fourth-order valence-electron chi connectivity index (χ4n) is 0.692. The summed E-state index contributed by atoms with van der Waals surface area (Å²) < 4.78 is 0. The van der Waals surface area contributed by atoms with Gasteiger partial charge in [0.05, 0.1) is 15.8 Å². The van der Waals surface area contributed by atoms with E-state index >= 15 is 0 Å². The van der Waals surface area contributed by atoms with E-state index in [0.717, 1.165) is 4.90 Å². The van der Waals surface area contributed by atoms with Crippen molar-refractivity contribution in [2.24, 2.45) is 0 Å². The topological polar surface area (TPSA) is 0 Å². The lowest BCUT2D eigenvalue weighted by Gasteiger charge is -1.99. The van der Waals surface area contributed by atoms with Crippen LogP contribution in [-0.2, 0) is 0 Å². The van der Waals surface area contributed by atoms with E-state index in [0.29, 0.717) is 15.8 Å². The molecule has 0 aromatic heterocycles. The molecule has 0 saturated heterocycles. The lowest BCUT2D eigenvalue weighted by Crippen LogP contribution is -1.75. The van der Waals surface area contributed by atoms with E-state index in [2.05, 4.69) is 5.92 Å². The zero-order chi connectivity index (χ0) is 8.97. The Labute approximate surface area is 86.3 Å². The molecule has 0 spiro atoms. The lowest BCUT2D eigenvalue weighted by atomic mass is 10.4. The number of benzene rings is 1. The average Bonchev–Trinajstić information content (AvgIpc) is 2.07. The van der Waals surface area contributed by atoms with Crippen LogP contribution in [0, 0.1) is 12.3 Å². The van der Waals surface area contributed by atoms with Gasteiger partial charge in [-0.1, -0.05) is 29.1 Å². The molecule has 0 fully saturated rings. The molecule has 0 saturated carbocycles. The molecule has 0 nitrogen and oxygen atoms in total. The molecule has 0 radical (unpaired) electrons. The summed E-state index contributed by atoms with van der Waals surface area (Å²) in [4.78, 5) is 1.04. The van der Waals surface area contributed by atoms with E-state index in [9.17, 15) is 0 Å². The van der Waals surface area contributed by atoms with Crippen LogP contribution in [0.4, 0.5) is 0 Å². The second-order valence-corrected chi connectivity index (χ2v) is 3.93. The maximum atomic E-state index is 5.80. The molecule has 0 amide bonds. The van der Waals surface area contributed by atoms with Gasteiger partial charge in [-0.25, -0.2) is 0 Å². The standard InChI is InChI=1S/C9H6Cl2S/c1-2-5-12-7-3-4-8(10)9(11)6-7/h1,3-4,6H,5H2. The quantitative estimate of drug-likeness (QED) is 0.537. The molecule has 1 aromatic carbocycles. The van der Waals surface area contributed by atoms with Gasteiger partial charge in [0, 0.05) is 4.90 Å². The summed E-state index contributed by atoms with van der Waals surface area (Å²) in [7, 11) is 0. The van der Waals surface area contributed by atoms with Crippen molar-refractivity contribution in [3.63, 3.8) is 0 Å². The van der Waals surface area contributed by atoms with Crippen molar-refractivity contribution in [1.29, 1.82) is 0 Å². The minimum absolute atomic E-state index is 0.568. The number of halogens is 2. The van der Waals surface area contributed by atoms with Crippen molar-refractivity contribution in [2.45, 2.75) is 4.90 Å². The minimum atomic E-state index is 0.568. The average molecular weight is 217 g/mol. The van der Waals surface area contributed by atoms with E-state index in [4.69, 9.17) is 29.6 Å². The van der Waals surface area contributed by atoms with Crippen molar-refractivity contribution in [3.05, 3.63) is 28.2 Å². The summed E-state index contributed by atoms with van der Waals surface area (Å²) in [5.74, 6) is 3.19. The highest BCUT2D eigenvalue weighted by Crippen LogP contribution is 2.27. The third-order valence-electron chi connectivity index (χ3n) is 1.21. The van der Waals surface area contributed by atoms with Gasteiger partial charge in [-0.3, -0.25) is 0 Å². The second kappa shape index (κ2) is 4.67. The smallest absolute Gasteiger partial charge is 0.0603 e. The van der Waals surface area contributed by atoms with Crippen LogP contribution < -0.4 is 0 Å². The Bertz CT molecular complexity index is 315. The van der Waals surface area contributed by atoms with Crippen molar-refractivity contribution < 1.29 is 0 Å². The number of terminal acetylenes is 1. The Morgan fingerprint density at radius 2 is 2.08 bits per heavy atom. The van der Waals surface area contributed by atoms with Gasteiger partial charge in [0.15, 0.2) is 0 Å². The van der Waals surface area contributed by atoms with Crippen molar-refractivity contribution in [3.8, 4) is 12.3 Å². The normalized spacial score (nSPS) is 9.42. The largest absolute Gasteiger partial charge is 0.119 e. The van der Waals surface area contributed by atoms with E-state index in [1.165, 1.54) is 0 Å². The van der Waals surface area contributed by atoms with Crippen LogP contribution in [-0.4, -0.2) is 5.75 Å². The van der Waals surface area contributed by atoms with Gasteiger partial charge in [0.25, 0.3) is 0 Å². The van der Waals surface area contributed by atoms with Gasteiger partial charge in [-0.05, 0) is 18.2 Å². The fraction of sp³-hybridized carbons (Fsp3) is 0.111. The van der Waals surface area contributed by atoms with Crippen molar-refractivity contribution in [2.75, 3.05) is 5.75 Å². The summed E-state index contributed by atoms with van der Waals surface area (Å²) in [5.41, 5.74) is 0. The van der Waals surface area contributed by atoms with Crippen molar-refractivity contribution in [1.82, 2.24) is 0 Å². The zero-order valence-corrected chi connectivity index (χ0v) is 8.51.